The molecular formula is C15H18FNO3. The summed E-state index contributed by atoms with van der Waals surface area (Å²) in [6, 6.07) is 5.91. The lowest BCUT2D eigenvalue weighted by Crippen LogP contribution is -2.49. The molecule has 1 aromatic carbocycles. The van der Waals surface area contributed by atoms with E-state index in [2.05, 4.69) is 5.32 Å². The van der Waals surface area contributed by atoms with Crippen molar-refractivity contribution in [2.45, 2.75) is 44.1 Å². The molecule has 108 valence electrons. The second kappa shape index (κ2) is 4.89. The maximum Gasteiger partial charge on any atom is 0.305 e. The van der Waals surface area contributed by atoms with Crippen molar-refractivity contribution in [1.82, 2.24) is 5.32 Å². The average molecular weight is 279 g/mol. The van der Waals surface area contributed by atoms with Gasteiger partial charge in [-0.3, -0.25) is 9.59 Å². The third-order valence-electron chi connectivity index (χ3n) is 3.63. The molecule has 0 radical (unpaired) electrons. The van der Waals surface area contributed by atoms with Crippen LogP contribution in [-0.2, 0) is 15.0 Å². The second-order valence-electron chi connectivity index (χ2n) is 6.00. The highest BCUT2D eigenvalue weighted by molar-refractivity contribution is 5.92. The topological polar surface area (TPSA) is 66.4 Å². The molecule has 2 N–H and O–H groups in total. The van der Waals surface area contributed by atoms with Crippen LogP contribution in [0.15, 0.2) is 24.3 Å². The van der Waals surface area contributed by atoms with Crippen molar-refractivity contribution < 1.29 is 19.1 Å². The van der Waals surface area contributed by atoms with E-state index in [9.17, 15) is 14.0 Å². The zero-order chi connectivity index (χ0) is 15.0. The summed E-state index contributed by atoms with van der Waals surface area (Å²) in [7, 11) is 0. The lowest BCUT2D eigenvalue weighted by atomic mass is 9.92. The first kappa shape index (κ1) is 14.5. The van der Waals surface area contributed by atoms with Crippen LogP contribution in [0.2, 0.25) is 0 Å². The maximum absolute atomic E-state index is 12.9. The van der Waals surface area contributed by atoms with Gasteiger partial charge in [-0.15, -0.1) is 0 Å². The summed E-state index contributed by atoms with van der Waals surface area (Å²) in [5, 5.41) is 11.6. The van der Waals surface area contributed by atoms with Crippen LogP contribution in [0.5, 0.6) is 0 Å². The van der Waals surface area contributed by atoms with E-state index in [1.165, 1.54) is 12.1 Å². The number of rotatable bonds is 5. The fourth-order valence-corrected chi connectivity index (χ4v) is 2.39. The minimum atomic E-state index is -0.957. The Balaban J connectivity index is 2.13. The molecular weight excluding hydrogens is 261 g/mol. The molecule has 0 unspecified atom stereocenters. The molecule has 1 aromatic rings. The molecule has 1 aliphatic rings. The molecule has 0 saturated heterocycles. The largest absolute Gasteiger partial charge is 0.481 e. The van der Waals surface area contributed by atoms with Crippen LogP contribution in [0.25, 0.3) is 0 Å². The normalized spacial score (nSPS) is 16.6. The van der Waals surface area contributed by atoms with Crippen molar-refractivity contribution in [3.63, 3.8) is 0 Å². The first-order valence-electron chi connectivity index (χ1n) is 6.56. The number of benzene rings is 1. The summed E-state index contributed by atoms with van der Waals surface area (Å²) >= 11 is 0. The van der Waals surface area contributed by atoms with Gasteiger partial charge in [0.2, 0.25) is 5.91 Å². The Morgan fingerprint density at radius 2 is 1.85 bits per heavy atom. The van der Waals surface area contributed by atoms with Gasteiger partial charge < -0.3 is 10.4 Å². The number of amides is 1. The van der Waals surface area contributed by atoms with E-state index < -0.39 is 16.9 Å². The van der Waals surface area contributed by atoms with Gasteiger partial charge in [0.25, 0.3) is 0 Å². The van der Waals surface area contributed by atoms with Crippen LogP contribution in [0.3, 0.4) is 0 Å². The number of carboxylic acids is 1. The summed E-state index contributed by atoms with van der Waals surface area (Å²) in [5.41, 5.74) is -0.648. The number of carboxylic acid groups (broad SMARTS) is 1. The molecule has 0 bridgehead atoms. The summed E-state index contributed by atoms with van der Waals surface area (Å²) in [6.45, 7) is 3.36. The third-order valence-corrected chi connectivity index (χ3v) is 3.63. The molecule has 5 heteroatoms. The minimum Gasteiger partial charge on any atom is -0.481 e. The Labute approximate surface area is 117 Å². The van der Waals surface area contributed by atoms with Crippen molar-refractivity contribution in [2.24, 2.45) is 0 Å². The Kier molecular flexibility index (Phi) is 3.54. The predicted molar refractivity (Wildman–Crippen MR) is 71.8 cm³/mol. The van der Waals surface area contributed by atoms with Crippen LogP contribution in [0, 0.1) is 5.82 Å². The van der Waals surface area contributed by atoms with E-state index in [-0.39, 0.29) is 18.1 Å². The first-order valence-corrected chi connectivity index (χ1v) is 6.56. The number of hydrogen-bond donors (Lipinski definition) is 2. The molecule has 4 nitrogen and oxygen atoms in total. The van der Waals surface area contributed by atoms with E-state index in [0.29, 0.717) is 12.8 Å². The highest BCUT2D eigenvalue weighted by Gasteiger charge is 2.52. The Hall–Kier alpha value is -1.91. The van der Waals surface area contributed by atoms with Crippen LogP contribution in [-0.4, -0.2) is 22.5 Å². The van der Waals surface area contributed by atoms with Crippen molar-refractivity contribution in [2.75, 3.05) is 0 Å². The van der Waals surface area contributed by atoms with Gasteiger partial charge in [-0.05, 0) is 44.4 Å². The highest BCUT2D eigenvalue weighted by atomic mass is 19.1. The lowest BCUT2D eigenvalue weighted by molar-refractivity contribution is -0.138. The molecule has 1 fully saturated rings. The van der Waals surface area contributed by atoms with E-state index in [1.54, 1.807) is 26.0 Å². The zero-order valence-corrected chi connectivity index (χ0v) is 11.6. The van der Waals surface area contributed by atoms with Crippen LogP contribution >= 0.6 is 0 Å². The molecule has 1 saturated carbocycles. The number of halogens is 1. The quantitative estimate of drug-likeness (QED) is 0.868. The predicted octanol–water partition coefficient (Wildman–Crippen LogP) is 2.23. The fourth-order valence-electron chi connectivity index (χ4n) is 2.39. The Bertz CT molecular complexity index is 533. The minimum absolute atomic E-state index is 0.141. The summed E-state index contributed by atoms with van der Waals surface area (Å²) in [5.74, 6) is -1.48. The average Bonchev–Trinajstić information content (AvgIpc) is 3.08. The molecule has 0 atom stereocenters. The number of hydrogen-bond acceptors (Lipinski definition) is 2. The maximum atomic E-state index is 12.9. The molecule has 0 spiro atoms. The number of carbonyl (C=O) groups is 2. The summed E-state index contributed by atoms with van der Waals surface area (Å²) in [6.07, 6.45) is 1.26. The highest BCUT2D eigenvalue weighted by Crippen LogP contribution is 2.48. The van der Waals surface area contributed by atoms with Crippen molar-refractivity contribution in [1.29, 1.82) is 0 Å². The Morgan fingerprint density at radius 1 is 1.30 bits per heavy atom. The van der Waals surface area contributed by atoms with E-state index in [4.69, 9.17) is 5.11 Å². The van der Waals surface area contributed by atoms with Gasteiger partial charge in [-0.25, -0.2) is 4.39 Å². The summed E-state index contributed by atoms with van der Waals surface area (Å²) in [4.78, 5) is 23.2. The van der Waals surface area contributed by atoms with Gasteiger partial charge in [-0.1, -0.05) is 12.1 Å². The summed E-state index contributed by atoms with van der Waals surface area (Å²) < 4.78 is 12.9. The Morgan fingerprint density at radius 3 is 2.30 bits per heavy atom. The molecule has 2 rings (SSSR count). The number of nitrogens with one attached hydrogen (secondary N) is 1. The lowest BCUT2D eigenvalue weighted by Gasteiger charge is -2.27. The molecule has 0 heterocycles. The molecule has 0 aliphatic heterocycles. The molecule has 0 aromatic heterocycles. The monoisotopic (exact) mass is 279 g/mol. The SMILES string of the molecule is CC(C)(CC(=O)O)NC(=O)C1(c2ccc(F)cc2)CC1. The van der Waals surface area contributed by atoms with Gasteiger partial charge >= 0.3 is 5.97 Å². The van der Waals surface area contributed by atoms with Crippen molar-refractivity contribution >= 4 is 11.9 Å². The van der Waals surface area contributed by atoms with Crippen LogP contribution < -0.4 is 5.32 Å². The van der Waals surface area contributed by atoms with E-state index >= 15 is 0 Å². The smallest absolute Gasteiger partial charge is 0.305 e. The molecule has 1 aliphatic carbocycles. The van der Waals surface area contributed by atoms with Gasteiger partial charge in [0.15, 0.2) is 0 Å². The third kappa shape index (κ3) is 2.98. The van der Waals surface area contributed by atoms with Crippen molar-refractivity contribution in [3.8, 4) is 0 Å². The number of aliphatic carboxylic acids is 1. The van der Waals surface area contributed by atoms with Crippen molar-refractivity contribution in [3.05, 3.63) is 35.6 Å². The van der Waals surface area contributed by atoms with Crippen LogP contribution in [0.1, 0.15) is 38.7 Å². The van der Waals surface area contributed by atoms with Gasteiger partial charge in [-0.2, -0.15) is 0 Å². The van der Waals surface area contributed by atoms with E-state index in [0.717, 1.165) is 5.56 Å². The standard InChI is InChI=1S/C15H18FNO3/c1-14(2,9-12(18)19)17-13(20)15(7-8-15)10-3-5-11(16)6-4-10/h3-6H,7-9H2,1-2H3,(H,17,20)(H,18,19). The van der Waals surface area contributed by atoms with E-state index in [1.807, 2.05) is 0 Å². The van der Waals surface area contributed by atoms with Gasteiger partial charge in [0, 0.05) is 5.54 Å². The molecule has 1 amide bonds. The van der Waals surface area contributed by atoms with Crippen LogP contribution in [0.4, 0.5) is 4.39 Å². The fraction of sp³-hybridized carbons (Fsp3) is 0.467. The second-order valence-corrected chi connectivity index (χ2v) is 6.00. The first-order chi connectivity index (χ1) is 9.25. The van der Waals surface area contributed by atoms with Gasteiger partial charge in [0.05, 0.1) is 11.8 Å². The zero-order valence-electron chi connectivity index (χ0n) is 11.6. The van der Waals surface area contributed by atoms with Gasteiger partial charge in [0.1, 0.15) is 5.82 Å². The number of carbonyl (C=O) groups excluding carboxylic acids is 1. The molecule has 20 heavy (non-hydrogen) atoms.